The van der Waals surface area contributed by atoms with Crippen molar-refractivity contribution < 1.29 is 38.7 Å². The van der Waals surface area contributed by atoms with Crippen LogP contribution in [0.2, 0.25) is 0 Å². The van der Waals surface area contributed by atoms with E-state index in [-0.39, 0.29) is 62.5 Å². The molecular weight excluding hydrogens is 680 g/mol. The van der Waals surface area contributed by atoms with E-state index < -0.39 is 78.3 Å². The summed E-state index contributed by atoms with van der Waals surface area (Å²) in [5, 5.41) is 25.2. The van der Waals surface area contributed by atoms with Crippen molar-refractivity contribution >= 4 is 53.6 Å². The molecule has 0 bridgehead atoms. The number of hydrogen-bond acceptors (Lipinski definition) is 10. The van der Waals surface area contributed by atoms with Crippen LogP contribution in [0.1, 0.15) is 80.1 Å². The van der Waals surface area contributed by atoms with Gasteiger partial charge in [0, 0.05) is 20.0 Å². The number of rotatable bonds is 25. The third-order valence-electron chi connectivity index (χ3n) is 7.35. The van der Waals surface area contributed by atoms with E-state index in [4.69, 9.17) is 22.9 Å². The quantitative estimate of drug-likeness (QED) is 0.0187. The first kappa shape index (κ1) is 47.0. The third-order valence-corrected chi connectivity index (χ3v) is 7.35. The maximum atomic E-state index is 13.4. The molecule has 0 spiro atoms. The number of amides is 6. The molecule has 6 atom stereocenters. The second-order valence-electron chi connectivity index (χ2n) is 13.3. The molecule has 0 aromatic rings. The zero-order chi connectivity index (χ0) is 40.0. The van der Waals surface area contributed by atoms with E-state index in [1.54, 1.807) is 13.8 Å². The highest BCUT2D eigenvalue weighted by molar-refractivity contribution is 5.96. The first-order valence-electron chi connectivity index (χ1n) is 17.3. The maximum absolute atomic E-state index is 13.4. The summed E-state index contributed by atoms with van der Waals surface area (Å²) in [6, 6.07) is -6.79. The van der Waals surface area contributed by atoms with Gasteiger partial charge in [-0.1, -0.05) is 27.7 Å². The van der Waals surface area contributed by atoms with Crippen LogP contribution in [0.5, 0.6) is 0 Å². The molecule has 0 aromatic heterocycles. The molecule has 0 unspecified atom stereocenters. The molecule has 0 saturated heterocycles. The summed E-state index contributed by atoms with van der Waals surface area (Å²) in [4.78, 5) is 96.8. The minimum atomic E-state index is -1.51. The molecule has 0 fully saturated rings. The van der Waals surface area contributed by atoms with Crippen molar-refractivity contribution in [2.75, 3.05) is 19.7 Å². The van der Waals surface area contributed by atoms with E-state index in [2.05, 4.69) is 41.9 Å². The number of carbonyl (C=O) groups is 7. The number of carbonyl (C=O) groups excluding carboxylic acids is 7. The Labute approximate surface area is 304 Å². The van der Waals surface area contributed by atoms with E-state index in [9.17, 15) is 38.7 Å². The molecule has 0 aromatic carbocycles. The Hall–Kier alpha value is -5.01. The molecule has 20 nitrogen and oxygen atoms in total. The van der Waals surface area contributed by atoms with Crippen molar-refractivity contribution in [3.63, 3.8) is 0 Å². The van der Waals surface area contributed by atoms with Crippen LogP contribution in [0, 0.1) is 11.8 Å². The molecule has 0 radical (unpaired) electrons. The van der Waals surface area contributed by atoms with E-state index in [1.807, 2.05) is 13.8 Å². The SMILES string of the molecule is CC(=O)N[C@@H](CCCN=C(N)N)C(=O)N[C@@H](CC(C)C)C(=O)N[C@@H](CO)C(=O)N[C@@H](CC(C)C)C(=O)N[C@@H](C)C(=O)N[C@H](C=O)CCCN=C(N)N. The summed E-state index contributed by atoms with van der Waals surface area (Å²) >= 11 is 0. The zero-order valence-electron chi connectivity index (χ0n) is 31.1. The summed E-state index contributed by atoms with van der Waals surface area (Å²) < 4.78 is 0. The van der Waals surface area contributed by atoms with Crippen LogP contribution in [-0.2, 0) is 33.6 Å². The van der Waals surface area contributed by atoms with E-state index in [0.29, 0.717) is 19.1 Å². The lowest BCUT2D eigenvalue weighted by Crippen LogP contribution is -2.60. The Morgan fingerprint density at radius 1 is 0.596 bits per heavy atom. The third kappa shape index (κ3) is 20.6. The van der Waals surface area contributed by atoms with Crippen LogP contribution >= 0.6 is 0 Å². The van der Waals surface area contributed by atoms with Crippen molar-refractivity contribution in [3.05, 3.63) is 0 Å². The maximum Gasteiger partial charge on any atom is 0.245 e. The number of aldehydes is 1. The van der Waals surface area contributed by atoms with Crippen LogP contribution in [0.15, 0.2) is 9.98 Å². The minimum Gasteiger partial charge on any atom is -0.394 e. The van der Waals surface area contributed by atoms with E-state index in [0.717, 1.165) is 0 Å². The Balaban J connectivity index is 5.68. The molecule has 20 heteroatoms. The molecule has 0 heterocycles. The van der Waals surface area contributed by atoms with Gasteiger partial charge in [0.2, 0.25) is 35.4 Å². The molecule has 0 aliphatic carbocycles. The summed E-state index contributed by atoms with van der Waals surface area (Å²) in [6.45, 7) is 9.51. The molecule has 52 heavy (non-hydrogen) atoms. The Morgan fingerprint density at radius 2 is 1.02 bits per heavy atom. The lowest BCUT2D eigenvalue weighted by atomic mass is 10.0. The van der Waals surface area contributed by atoms with Gasteiger partial charge in [0.25, 0.3) is 0 Å². The van der Waals surface area contributed by atoms with Crippen molar-refractivity contribution in [1.82, 2.24) is 31.9 Å². The average Bonchev–Trinajstić information content (AvgIpc) is 3.04. The first-order valence-corrected chi connectivity index (χ1v) is 17.3. The van der Waals surface area contributed by atoms with E-state index >= 15 is 0 Å². The number of aliphatic hydroxyl groups is 1. The average molecular weight is 741 g/mol. The fraction of sp³-hybridized carbons (Fsp3) is 0.719. The van der Waals surface area contributed by atoms with Gasteiger partial charge in [-0.25, -0.2) is 0 Å². The van der Waals surface area contributed by atoms with Crippen LogP contribution < -0.4 is 54.8 Å². The standard InChI is InChI=1S/C32H60N12O8/c1-17(2)13-23(28(50)39-19(5)26(48)41-21(15-45)9-7-11-37-31(33)34)43-30(52)25(16-46)44-29(51)24(14-18(3)4)42-27(49)22(40-20(6)47)10-8-12-38-32(35)36/h15,17-19,21-25,46H,7-14,16H2,1-6H3,(H,39,50)(H,40,47)(H,41,48)(H,42,49)(H,43,52)(H,44,51)(H4,33,34,37)(H4,35,36,38)/t19-,21-,22-,23-,24-,25-/m0/s1. The van der Waals surface area contributed by atoms with Gasteiger partial charge in [0.05, 0.1) is 12.6 Å². The second-order valence-corrected chi connectivity index (χ2v) is 13.3. The van der Waals surface area contributed by atoms with Gasteiger partial charge in [0.15, 0.2) is 11.9 Å². The van der Waals surface area contributed by atoms with Gasteiger partial charge in [0.1, 0.15) is 36.5 Å². The number of nitrogens with two attached hydrogens (primary N) is 4. The number of guanidine groups is 2. The van der Waals surface area contributed by atoms with Crippen LogP contribution in [0.4, 0.5) is 0 Å². The lowest BCUT2D eigenvalue weighted by Gasteiger charge is -2.27. The summed E-state index contributed by atoms with van der Waals surface area (Å²) in [5.41, 5.74) is 21.2. The van der Waals surface area contributed by atoms with E-state index in [1.165, 1.54) is 13.8 Å². The highest BCUT2D eigenvalue weighted by atomic mass is 16.3. The summed E-state index contributed by atoms with van der Waals surface area (Å²) in [7, 11) is 0. The number of hydrogen-bond donors (Lipinski definition) is 11. The summed E-state index contributed by atoms with van der Waals surface area (Å²) in [5.74, 6) is -4.56. The minimum absolute atomic E-state index is 0.0941. The molecule has 296 valence electrons. The predicted molar refractivity (Wildman–Crippen MR) is 195 cm³/mol. The normalized spacial score (nSPS) is 14.3. The highest BCUT2D eigenvalue weighted by Crippen LogP contribution is 2.09. The highest BCUT2D eigenvalue weighted by Gasteiger charge is 2.32. The fourth-order valence-electron chi connectivity index (χ4n) is 4.82. The van der Waals surface area contributed by atoms with Gasteiger partial charge in [-0.05, 0) is 57.3 Å². The van der Waals surface area contributed by atoms with Crippen LogP contribution in [-0.4, -0.2) is 115 Å². The van der Waals surface area contributed by atoms with Crippen molar-refractivity contribution in [1.29, 1.82) is 0 Å². The lowest BCUT2D eigenvalue weighted by molar-refractivity contribution is -0.136. The van der Waals surface area contributed by atoms with Gasteiger partial charge in [-0.15, -0.1) is 0 Å². The van der Waals surface area contributed by atoms with Gasteiger partial charge < -0.3 is 64.7 Å². The van der Waals surface area contributed by atoms with Crippen molar-refractivity contribution in [2.24, 2.45) is 44.8 Å². The van der Waals surface area contributed by atoms with Crippen molar-refractivity contribution in [2.45, 2.75) is 116 Å². The van der Waals surface area contributed by atoms with Crippen LogP contribution in [0.3, 0.4) is 0 Å². The molecular formula is C32H60N12O8. The second kappa shape index (κ2) is 25.0. The molecule has 0 saturated carbocycles. The molecule has 0 aliphatic heterocycles. The molecule has 0 rings (SSSR count). The number of aliphatic imine (C=N–C) groups is 2. The van der Waals surface area contributed by atoms with Crippen LogP contribution in [0.25, 0.3) is 0 Å². The monoisotopic (exact) mass is 740 g/mol. The smallest absolute Gasteiger partial charge is 0.245 e. The largest absolute Gasteiger partial charge is 0.394 e. The summed E-state index contributed by atoms with van der Waals surface area (Å²) in [6.07, 6.45) is 2.03. The Bertz CT molecular complexity index is 1250. The molecule has 15 N–H and O–H groups in total. The number of aliphatic hydroxyl groups excluding tert-OH is 1. The van der Waals surface area contributed by atoms with Gasteiger partial charge in [-0.2, -0.15) is 0 Å². The first-order chi connectivity index (χ1) is 24.3. The fourth-order valence-corrected chi connectivity index (χ4v) is 4.82. The predicted octanol–water partition coefficient (Wildman–Crippen LogP) is -3.67. The topological polar surface area (TPSA) is 341 Å². The number of nitrogens with zero attached hydrogens (tertiary/aromatic N) is 2. The Morgan fingerprint density at radius 3 is 1.44 bits per heavy atom. The van der Waals surface area contributed by atoms with Gasteiger partial charge >= 0.3 is 0 Å². The Kier molecular flexibility index (Phi) is 22.6. The molecule has 6 amide bonds. The van der Waals surface area contributed by atoms with Gasteiger partial charge in [-0.3, -0.25) is 38.8 Å². The zero-order valence-corrected chi connectivity index (χ0v) is 31.1. The molecule has 0 aliphatic rings. The van der Waals surface area contributed by atoms with Crippen molar-refractivity contribution in [3.8, 4) is 0 Å². The number of nitrogens with one attached hydrogen (secondary N) is 6.